The lowest BCUT2D eigenvalue weighted by Crippen LogP contribution is -3.11. The van der Waals surface area contributed by atoms with E-state index in [1.54, 1.807) is 4.90 Å². The predicted molar refractivity (Wildman–Crippen MR) is 44.8 cm³/mol. The molecule has 66 valence electrons. The van der Waals surface area contributed by atoms with Crippen LogP contribution >= 0.6 is 0 Å². The molecule has 11 heavy (non-hydrogen) atoms. The van der Waals surface area contributed by atoms with Crippen LogP contribution in [-0.2, 0) is 0 Å². The number of nitrogens with one attached hydrogen (secondary N) is 1. The third kappa shape index (κ3) is 3.18. The second-order valence-electron chi connectivity index (χ2n) is 3.38. The van der Waals surface area contributed by atoms with E-state index in [1.165, 1.54) is 26.2 Å². The van der Waals surface area contributed by atoms with Crippen LogP contribution in [0.1, 0.15) is 6.42 Å². The first-order valence-corrected chi connectivity index (χ1v) is 4.47. The highest BCUT2D eigenvalue weighted by Crippen LogP contribution is 1.90. The van der Waals surface area contributed by atoms with Crippen molar-refractivity contribution in [1.82, 2.24) is 4.90 Å². The normalized spacial score (nSPS) is 22.4. The van der Waals surface area contributed by atoms with E-state index in [-0.39, 0.29) is 0 Å². The first kappa shape index (κ1) is 8.97. The van der Waals surface area contributed by atoms with Crippen LogP contribution in [0, 0.1) is 0 Å². The highest BCUT2D eigenvalue weighted by Gasteiger charge is 2.14. The Bertz CT molecular complexity index is 97.5. The van der Waals surface area contributed by atoms with Gasteiger partial charge >= 0.3 is 0 Å². The van der Waals surface area contributed by atoms with Gasteiger partial charge in [0.25, 0.3) is 0 Å². The molecule has 0 radical (unpaired) electrons. The third-order valence-electron chi connectivity index (χ3n) is 2.34. The predicted octanol–water partition coefficient (Wildman–Crippen LogP) is -1.80. The van der Waals surface area contributed by atoms with Crippen LogP contribution < -0.4 is 4.90 Å². The van der Waals surface area contributed by atoms with Gasteiger partial charge in [0.2, 0.25) is 0 Å². The Kier molecular flexibility index (Phi) is 3.83. The molecule has 0 aromatic rings. The number of quaternary nitrogens is 1. The number of rotatable bonds is 3. The molecule has 0 aromatic carbocycles. The lowest BCUT2D eigenvalue weighted by Gasteiger charge is -2.29. The first-order chi connectivity index (χ1) is 5.33. The van der Waals surface area contributed by atoms with Gasteiger partial charge in [-0.05, 0) is 6.42 Å². The summed E-state index contributed by atoms with van der Waals surface area (Å²) in [6.07, 6.45) is 0.930. The summed E-state index contributed by atoms with van der Waals surface area (Å²) in [6.45, 7) is 6.32. The maximum atomic E-state index is 8.62. The summed E-state index contributed by atoms with van der Waals surface area (Å²) in [6, 6.07) is 0. The van der Waals surface area contributed by atoms with E-state index in [4.69, 9.17) is 5.11 Å². The highest BCUT2D eigenvalue weighted by atomic mass is 16.3. The van der Waals surface area contributed by atoms with E-state index in [0.29, 0.717) is 6.61 Å². The standard InChI is InChI=1S/C8H18N2O/c1-9-4-6-10(7-5-9)3-2-8-11/h11H,2-8H2,1H3/p+1. The lowest BCUT2D eigenvalue weighted by atomic mass is 10.3. The van der Waals surface area contributed by atoms with E-state index in [0.717, 1.165) is 13.0 Å². The smallest absolute Gasteiger partial charge is 0.0898 e. The zero-order valence-electron chi connectivity index (χ0n) is 7.34. The van der Waals surface area contributed by atoms with Gasteiger partial charge in [0, 0.05) is 26.2 Å². The van der Waals surface area contributed by atoms with Crippen molar-refractivity contribution in [1.29, 1.82) is 0 Å². The van der Waals surface area contributed by atoms with Crippen LogP contribution in [-0.4, -0.2) is 56.4 Å². The summed E-state index contributed by atoms with van der Waals surface area (Å²) in [5.41, 5.74) is 0. The molecule has 0 bridgehead atoms. The van der Waals surface area contributed by atoms with Gasteiger partial charge < -0.3 is 10.0 Å². The summed E-state index contributed by atoms with van der Waals surface area (Å²) < 4.78 is 0. The quantitative estimate of drug-likeness (QED) is 0.508. The second-order valence-corrected chi connectivity index (χ2v) is 3.38. The van der Waals surface area contributed by atoms with Crippen LogP contribution in [0.3, 0.4) is 0 Å². The molecular weight excluding hydrogens is 140 g/mol. The molecule has 3 nitrogen and oxygen atoms in total. The third-order valence-corrected chi connectivity index (χ3v) is 2.34. The van der Waals surface area contributed by atoms with E-state index in [1.807, 2.05) is 0 Å². The van der Waals surface area contributed by atoms with E-state index in [2.05, 4.69) is 11.9 Å². The molecule has 0 atom stereocenters. The van der Waals surface area contributed by atoms with Gasteiger partial charge in [0.1, 0.15) is 0 Å². The van der Waals surface area contributed by atoms with Gasteiger partial charge in [0.15, 0.2) is 0 Å². The number of aliphatic hydroxyl groups excluding tert-OH is 1. The minimum absolute atomic E-state index is 0.333. The molecule has 0 aliphatic carbocycles. The number of hydrogen-bond donors (Lipinski definition) is 2. The number of aliphatic hydroxyl groups is 1. The zero-order valence-corrected chi connectivity index (χ0v) is 7.34. The fourth-order valence-corrected chi connectivity index (χ4v) is 1.45. The van der Waals surface area contributed by atoms with Crippen molar-refractivity contribution in [2.45, 2.75) is 6.42 Å². The number of piperazine rings is 1. The molecule has 2 N–H and O–H groups in total. The molecule has 0 spiro atoms. The average Bonchev–Trinajstić information content (AvgIpc) is 2.04. The van der Waals surface area contributed by atoms with Crippen molar-refractivity contribution in [2.75, 3.05) is 46.4 Å². The Morgan fingerprint density at radius 3 is 2.55 bits per heavy atom. The molecule has 0 amide bonds. The van der Waals surface area contributed by atoms with Gasteiger partial charge in [-0.25, -0.2) is 0 Å². The topological polar surface area (TPSA) is 27.9 Å². The number of likely N-dealkylation sites (N-methyl/N-ethyl adjacent to an activating group) is 1. The van der Waals surface area contributed by atoms with Gasteiger partial charge in [-0.15, -0.1) is 0 Å². The minimum Gasteiger partial charge on any atom is -0.396 e. The van der Waals surface area contributed by atoms with Crippen molar-refractivity contribution in [2.24, 2.45) is 0 Å². The number of nitrogens with zero attached hydrogens (tertiary/aromatic N) is 1. The van der Waals surface area contributed by atoms with E-state index < -0.39 is 0 Å². The summed E-state index contributed by atoms with van der Waals surface area (Å²) in [7, 11) is 2.24. The molecule has 1 fully saturated rings. The summed E-state index contributed by atoms with van der Waals surface area (Å²) in [5.74, 6) is 0. The van der Waals surface area contributed by atoms with Crippen LogP contribution in [0.5, 0.6) is 0 Å². The average molecular weight is 159 g/mol. The maximum Gasteiger partial charge on any atom is 0.0898 e. The Morgan fingerprint density at radius 2 is 2.00 bits per heavy atom. The van der Waals surface area contributed by atoms with Crippen LogP contribution in [0.2, 0.25) is 0 Å². The molecule has 1 saturated heterocycles. The Hall–Kier alpha value is -0.120. The number of hydrogen-bond acceptors (Lipinski definition) is 2. The summed E-state index contributed by atoms with van der Waals surface area (Å²) >= 11 is 0. The molecule has 1 aliphatic rings. The SMILES string of the molecule is C[NH+]1CCN(CCCO)CC1. The minimum atomic E-state index is 0.333. The van der Waals surface area contributed by atoms with Gasteiger partial charge in [-0.2, -0.15) is 0 Å². The second kappa shape index (κ2) is 4.70. The van der Waals surface area contributed by atoms with Gasteiger partial charge in [-0.1, -0.05) is 0 Å². The molecule has 1 aliphatic heterocycles. The van der Waals surface area contributed by atoms with Crippen molar-refractivity contribution in [3.63, 3.8) is 0 Å². The lowest BCUT2D eigenvalue weighted by molar-refractivity contribution is -0.884. The highest BCUT2D eigenvalue weighted by molar-refractivity contribution is 4.59. The molecule has 3 heteroatoms. The maximum absolute atomic E-state index is 8.62. The molecular formula is C8H19N2O+. The van der Waals surface area contributed by atoms with Gasteiger partial charge in [-0.3, -0.25) is 4.90 Å². The fraction of sp³-hybridized carbons (Fsp3) is 1.00. The molecule has 1 heterocycles. The van der Waals surface area contributed by atoms with Crippen molar-refractivity contribution < 1.29 is 10.0 Å². The monoisotopic (exact) mass is 159 g/mol. The zero-order chi connectivity index (χ0) is 8.10. The van der Waals surface area contributed by atoms with Crippen LogP contribution in [0.25, 0.3) is 0 Å². The van der Waals surface area contributed by atoms with Crippen molar-refractivity contribution >= 4 is 0 Å². The Labute approximate surface area is 68.6 Å². The molecule has 0 aromatic heterocycles. The Balaban J connectivity index is 2.07. The first-order valence-electron chi connectivity index (χ1n) is 4.47. The molecule has 0 saturated carbocycles. The van der Waals surface area contributed by atoms with Crippen LogP contribution in [0.4, 0.5) is 0 Å². The Morgan fingerprint density at radius 1 is 1.36 bits per heavy atom. The molecule has 0 unspecified atom stereocenters. The van der Waals surface area contributed by atoms with E-state index in [9.17, 15) is 0 Å². The summed E-state index contributed by atoms with van der Waals surface area (Å²) in [4.78, 5) is 4.06. The van der Waals surface area contributed by atoms with Gasteiger partial charge in [0.05, 0.1) is 20.1 Å². The van der Waals surface area contributed by atoms with Crippen molar-refractivity contribution in [3.05, 3.63) is 0 Å². The van der Waals surface area contributed by atoms with E-state index >= 15 is 0 Å². The molecule has 1 rings (SSSR count). The summed E-state index contributed by atoms with van der Waals surface area (Å²) in [5, 5.41) is 8.62. The largest absolute Gasteiger partial charge is 0.396 e. The fourth-order valence-electron chi connectivity index (χ4n) is 1.45. The van der Waals surface area contributed by atoms with Crippen molar-refractivity contribution in [3.8, 4) is 0 Å². The van der Waals surface area contributed by atoms with Crippen LogP contribution in [0.15, 0.2) is 0 Å².